The van der Waals surface area contributed by atoms with E-state index in [2.05, 4.69) is 9.80 Å². The standard InChI is InChI=1S/C25H36N2O4/c1-17-7-3-9-20(15-17)31-18(2)25(30)27-16-19-8-5-13-26-14-6-10-21(24(19)26)22(27)11-4-12-23(28)29/h3,7,9,15,18-19,21-22,24H,4-6,8,10-14,16H2,1-2H3,(H,28,29)/t18?,19-,21+,22?,24-/m0/s1. The van der Waals surface area contributed by atoms with Crippen molar-refractivity contribution < 1.29 is 19.4 Å². The summed E-state index contributed by atoms with van der Waals surface area (Å²) in [5.74, 6) is 0.968. The molecule has 1 aromatic carbocycles. The lowest BCUT2D eigenvalue weighted by atomic mass is 9.69. The van der Waals surface area contributed by atoms with Gasteiger partial charge in [-0.2, -0.15) is 0 Å². The zero-order chi connectivity index (χ0) is 22.0. The van der Waals surface area contributed by atoms with Crippen LogP contribution in [0.15, 0.2) is 24.3 Å². The van der Waals surface area contributed by atoms with Crippen LogP contribution in [0.1, 0.15) is 57.4 Å². The van der Waals surface area contributed by atoms with Crippen LogP contribution >= 0.6 is 0 Å². The van der Waals surface area contributed by atoms with Crippen molar-refractivity contribution in [1.82, 2.24) is 9.80 Å². The fourth-order valence-corrected chi connectivity index (χ4v) is 6.26. The predicted octanol–water partition coefficient (Wildman–Crippen LogP) is 3.72. The van der Waals surface area contributed by atoms with E-state index in [-0.39, 0.29) is 18.4 Å². The molecule has 3 fully saturated rings. The summed E-state index contributed by atoms with van der Waals surface area (Å²) in [7, 11) is 0. The van der Waals surface area contributed by atoms with Crippen molar-refractivity contribution in [2.45, 2.75) is 77.0 Å². The second-order valence-electron chi connectivity index (χ2n) is 9.66. The first kappa shape index (κ1) is 22.1. The molecule has 0 spiro atoms. The molecule has 3 aliphatic heterocycles. The summed E-state index contributed by atoms with van der Waals surface area (Å²) in [5, 5.41) is 9.15. The summed E-state index contributed by atoms with van der Waals surface area (Å²) < 4.78 is 6.05. The molecule has 0 saturated carbocycles. The quantitative estimate of drug-likeness (QED) is 0.717. The minimum atomic E-state index is -0.759. The van der Waals surface area contributed by atoms with Gasteiger partial charge in [0, 0.05) is 25.0 Å². The Bertz CT molecular complexity index is 795. The van der Waals surface area contributed by atoms with Gasteiger partial charge in [-0.3, -0.25) is 14.5 Å². The van der Waals surface area contributed by atoms with Crippen LogP contribution in [0.4, 0.5) is 0 Å². The highest BCUT2D eigenvalue weighted by Gasteiger charge is 2.50. The number of likely N-dealkylation sites (tertiary alicyclic amines) is 1. The highest BCUT2D eigenvalue weighted by atomic mass is 16.5. The number of hydrogen-bond acceptors (Lipinski definition) is 4. The van der Waals surface area contributed by atoms with Crippen LogP contribution in [0.25, 0.3) is 0 Å². The van der Waals surface area contributed by atoms with Gasteiger partial charge in [-0.1, -0.05) is 12.1 Å². The Kier molecular flexibility index (Phi) is 6.85. The number of benzene rings is 1. The third-order valence-electron chi connectivity index (χ3n) is 7.50. The number of carboxylic acid groups (broad SMARTS) is 1. The van der Waals surface area contributed by atoms with E-state index in [1.165, 1.54) is 32.4 Å². The van der Waals surface area contributed by atoms with Crippen LogP contribution in [0.2, 0.25) is 0 Å². The summed E-state index contributed by atoms with van der Waals surface area (Å²) in [6.07, 6.45) is 5.67. The van der Waals surface area contributed by atoms with Crippen molar-refractivity contribution >= 4 is 11.9 Å². The first-order chi connectivity index (χ1) is 14.9. The van der Waals surface area contributed by atoms with Crippen molar-refractivity contribution in [3.8, 4) is 5.75 Å². The number of carboxylic acids is 1. The smallest absolute Gasteiger partial charge is 0.303 e. The summed E-state index contributed by atoms with van der Waals surface area (Å²) >= 11 is 0. The maximum Gasteiger partial charge on any atom is 0.303 e. The van der Waals surface area contributed by atoms with Crippen molar-refractivity contribution in [2.75, 3.05) is 19.6 Å². The van der Waals surface area contributed by atoms with Crippen molar-refractivity contribution in [3.05, 3.63) is 29.8 Å². The first-order valence-electron chi connectivity index (χ1n) is 11.9. The Morgan fingerprint density at radius 2 is 2.00 bits per heavy atom. The largest absolute Gasteiger partial charge is 0.481 e. The molecule has 6 heteroatoms. The molecular formula is C25H36N2O4. The van der Waals surface area contributed by atoms with E-state index < -0.39 is 12.1 Å². The number of aryl methyl sites for hydroxylation is 1. The minimum absolute atomic E-state index is 0.0444. The summed E-state index contributed by atoms with van der Waals surface area (Å²) in [4.78, 5) is 29.5. The Labute approximate surface area is 185 Å². The summed E-state index contributed by atoms with van der Waals surface area (Å²) in [5.41, 5.74) is 1.11. The predicted molar refractivity (Wildman–Crippen MR) is 119 cm³/mol. The molecule has 3 saturated heterocycles. The monoisotopic (exact) mass is 428 g/mol. The lowest BCUT2D eigenvalue weighted by Crippen LogP contribution is -2.66. The molecular weight excluding hydrogens is 392 g/mol. The minimum Gasteiger partial charge on any atom is -0.481 e. The van der Waals surface area contributed by atoms with Gasteiger partial charge in [0.05, 0.1) is 0 Å². The van der Waals surface area contributed by atoms with Gasteiger partial charge in [0.1, 0.15) is 5.75 Å². The topological polar surface area (TPSA) is 70.1 Å². The lowest BCUT2D eigenvalue weighted by molar-refractivity contribution is -0.153. The highest BCUT2D eigenvalue weighted by molar-refractivity contribution is 5.81. The van der Waals surface area contributed by atoms with Crippen LogP contribution in [0.3, 0.4) is 0 Å². The third-order valence-corrected chi connectivity index (χ3v) is 7.50. The van der Waals surface area contributed by atoms with E-state index in [1.54, 1.807) is 0 Å². The van der Waals surface area contributed by atoms with E-state index in [0.29, 0.717) is 24.3 Å². The maximum atomic E-state index is 13.6. The van der Waals surface area contributed by atoms with Crippen LogP contribution in [0, 0.1) is 18.8 Å². The molecule has 0 aliphatic carbocycles. The van der Waals surface area contributed by atoms with E-state index in [1.807, 2.05) is 38.1 Å². The third kappa shape index (κ3) is 4.89. The van der Waals surface area contributed by atoms with E-state index in [4.69, 9.17) is 9.84 Å². The molecule has 1 aromatic rings. The Morgan fingerprint density at radius 3 is 2.74 bits per heavy atom. The van der Waals surface area contributed by atoms with Gasteiger partial charge in [0.15, 0.2) is 6.10 Å². The molecule has 0 aromatic heterocycles. The zero-order valence-electron chi connectivity index (χ0n) is 18.8. The number of rotatable bonds is 7. The van der Waals surface area contributed by atoms with Gasteiger partial charge in [-0.15, -0.1) is 0 Å². The average Bonchev–Trinajstić information content (AvgIpc) is 2.74. The molecule has 170 valence electrons. The number of amides is 1. The van der Waals surface area contributed by atoms with Crippen LogP contribution in [0.5, 0.6) is 5.75 Å². The van der Waals surface area contributed by atoms with Gasteiger partial charge in [-0.25, -0.2) is 0 Å². The van der Waals surface area contributed by atoms with Crippen LogP contribution in [-0.4, -0.2) is 64.6 Å². The van der Waals surface area contributed by atoms with Gasteiger partial charge < -0.3 is 14.7 Å². The van der Waals surface area contributed by atoms with Gasteiger partial charge >= 0.3 is 5.97 Å². The van der Waals surface area contributed by atoms with Gasteiger partial charge in [-0.05, 0) is 95.0 Å². The molecule has 6 nitrogen and oxygen atoms in total. The second kappa shape index (κ2) is 9.60. The second-order valence-corrected chi connectivity index (χ2v) is 9.66. The number of piperidine rings is 3. The molecule has 5 atom stereocenters. The Hall–Kier alpha value is -2.08. The molecule has 1 N–H and O–H groups in total. The molecule has 1 amide bonds. The lowest BCUT2D eigenvalue weighted by Gasteiger charge is -2.57. The number of ether oxygens (including phenoxy) is 1. The molecule has 3 heterocycles. The van der Waals surface area contributed by atoms with Gasteiger partial charge in [0.25, 0.3) is 5.91 Å². The number of carbonyl (C=O) groups is 2. The number of hydrogen-bond donors (Lipinski definition) is 1. The SMILES string of the molecule is Cc1cccc(OC(C)C(=O)N2C[C@@H]3CCCN4CCC[C@H](C2CCCC(=O)O)[C@H]34)c1. The van der Waals surface area contributed by atoms with E-state index >= 15 is 0 Å². The molecule has 2 unspecified atom stereocenters. The van der Waals surface area contributed by atoms with E-state index in [0.717, 1.165) is 30.7 Å². The molecule has 0 radical (unpaired) electrons. The number of nitrogens with zero attached hydrogens (tertiary/aromatic N) is 2. The number of carbonyl (C=O) groups excluding carboxylic acids is 1. The fourth-order valence-electron chi connectivity index (χ4n) is 6.26. The number of aliphatic carboxylic acids is 1. The van der Waals surface area contributed by atoms with Crippen molar-refractivity contribution in [2.24, 2.45) is 11.8 Å². The highest BCUT2D eigenvalue weighted by Crippen LogP contribution is 2.43. The fraction of sp³-hybridized carbons (Fsp3) is 0.680. The molecule has 31 heavy (non-hydrogen) atoms. The molecule has 3 aliphatic rings. The van der Waals surface area contributed by atoms with Gasteiger partial charge in [0.2, 0.25) is 0 Å². The van der Waals surface area contributed by atoms with Crippen molar-refractivity contribution in [3.63, 3.8) is 0 Å². The van der Waals surface area contributed by atoms with E-state index in [9.17, 15) is 9.59 Å². The summed E-state index contributed by atoms with van der Waals surface area (Å²) in [6, 6.07) is 8.47. The normalized spacial score (nSPS) is 29.2. The summed E-state index contributed by atoms with van der Waals surface area (Å²) in [6.45, 7) is 6.97. The zero-order valence-corrected chi connectivity index (χ0v) is 18.8. The Morgan fingerprint density at radius 1 is 1.23 bits per heavy atom. The maximum absolute atomic E-state index is 13.6. The van der Waals surface area contributed by atoms with Crippen LogP contribution in [-0.2, 0) is 9.59 Å². The Balaban J connectivity index is 1.53. The van der Waals surface area contributed by atoms with Crippen LogP contribution < -0.4 is 4.74 Å². The molecule has 4 rings (SSSR count). The first-order valence-corrected chi connectivity index (χ1v) is 11.9. The molecule has 0 bridgehead atoms. The average molecular weight is 429 g/mol. The van der Waals surface area contributed by atoms with Crippen molar-refractivity contribution in [1.29, 1.82) is 0 Å².